The first kappa shape index (κ1) is 19.6. The lowest BCUT2D eigenvalue weighted by Crippen LogP contribution is -2.59. The molecular formula is C16H31NOSSi3. The first-order valence-corrected chi connectivity index (χ1v) is 18.6. The molecular weight excluding hydrogens is 339 g/mol. The largest absolute Gasteiger partial charge is 0.536 e. The van der Waals surface area contributed by atoms with Crippen LogP contribution in [-0.2, 0) is 4.43 Å². The molecule has 0 aliphatic carbocycles. The summed E-state index contributed by atoms with van der Waals surface area (Å²) >= 11 is 5.44. The summed E-state index contributed by atoms with van der Waals surface area (Å²) in [6.07, 6.45) is 0. The number of thiocarbonyl (C=S) groups is 1. The first-order chi connectivity index (χ1) is 9.72. The van der Waals surface area contributed by atoms with E-state index in [1.165, 1.54) is 5.69 Å². The summed E-state index contributed by atoms with van der Waals surface area (Å²) in [4.78, 5) is 0. The molecule has 1 aromatic rings. The van der Waals surface area contributed by atoms with Gasteiger partial charge in [-0.2, -0.15) is 0 Å². The van der Waals surface area contributed by atoms with Crippen LogP contribution in [0.5, 0.6) is 0 Å². The van der Waals surface area contributed by atoms with E-state index < -0.39 is 24.8 Å². The Kier molecular flexibility index (Phi) is 5.87. The third-order valence-electron chi connectivity index (χ3n) is 3.10. The molecule has 1 aromatic carbocycles. The molecule has 0 amide bonds. The second-order valence-electron chi connectivity index (χ2n) is 8.73. The normalized spacial score (nSPS) is 13.0. The van der Waals surface area contributed by atoms with Crippen LogP contribution in [0, 0.1) is 0 Å². The van der Waals surface area contributed by atoms with Crippen molar-refractivity contribution >= 4 is 47.7 Å². The van der Waals surface area contributed by atoms with E-state index >= 15 is 0 Å². The van der Waals surface area contributed by atoms with Gasteiger partial charge in [0.2, 0.25) is 8.32 Å². The topological polar surface area (TPSA) is 12.5 Å². The van der Waals surface area contributed by atoms with E-state index in [9.17, 15) is 0 Å². The highest BCUT2D eigenvalue weighted by Gasteiger charge is 2.34. The van der Waals surface area contributed by atoms with Crippen molar-refractivity contribution < 1.29 is 4.43 Å². The molecule has 6 heteroatoms. The van der Waals surface area contributed by atoms with Crippen LogP contribution in [0.3, 0.4) is 0 Å². The van der Waals surface area contributed by atoms with Gasteiger partial charge in [-0.15, -0.1) is 0 Å². The van der Waals surface area contributed by atoms with Gasteiger partial charge in [0.25, 0.3) is 0 Å². The van der Waals surface area contributed by atoms with Gasteiger partial charge in [0.1, 0.15) is 16.5 Å². The maximum Gasteiger partial charge on any atom is 0.243 e. The highest BCUT2D eigenvalue weighted by Crippen LogP contribution is 2.28. The molecule has 0 aliphatic rings. The predicted molar refractivity (Wildman–Crippen MR) is 112 cm³/mol. The highest BCUT2D eigenvalue weighted by atomic mass is 32.1. The third kappa shape index (κ3) is 5.64. The Balaban J connectivity index is 3.08. The summed E-state index contributed by atoms with van der Waals surface area (Å²) in [6.45, 7) is 21.0. The van der Waals surface area contributed by atoms with Crippen LogP contribution >= 0.6 is 12.2 Å². The van der Waals surface area contributed by atoms with Crippen molar-refractivity contribution in [2.75, 3.05) is 4.23 Å². The molecule has 0 bridgehead atoms. The lowest BCUT2D eigenvalue weighted by atomic mass is 10.2. The van der Waals surface area contributed by atoms with Crippen molar-refractivity contribution in [2.45, 2.75) is 58.9 Å². The molecule has 0 N–H and O–H groups in total. The summed E-state index contributed by atoms with van der Waals surface area (Å²) in [5, 5.41) is 0.637. The minimum absolute atomic E-state index is 0.637. The molecule has 0 aliphatic heterocycles. The van der Waals surface area contributed by atoms with Gasteiger partial charge in [0.05, 0.1) is 0 Å². The summed E-state index contributed by atoms with van der Waals surface area (Å²) < 4.78 is 8.65. The molecule has 0 spiro atoms. The SMILES string of the molecule is C[Si](C)(C)OC(=S)c1ccc(N([Si](C)(C)C)[Si](C)(C)C)cc1. The van der Waals surface area contributed by atoms with Gasteiger partial charge in [-0.1, -0.05) is 39.3 Å². The third-order valence-corrected chi connectivity index (χ3v) is 11.6. The molecule has 0 aromatic heterocycles. The maximum absolute atomic E-state index is 5.93. The summed E-state index contributed by atoms with van der Waals surface area (Å²) in [5.41, 5.74) is 2.35. The molecule has 0 radical (unpaired) electrons. The Labute approximate surface area is 145 Å². The molecule has 124 valence electrons. The lowest BCUT2D eigenvalue weighted by molar-refractivity contribution is 0.568. The number of nitrogens with zero attached hydrogens (tertiary/aromatic N) is 1. The summed E-state index contributed by atoms with van der Waals surface area (Å²) in [7, 11) is -4.45. The lowest BCUT2D eigenvalue weighted by Gasteiger charge is -2.46. The number of rotatable bonds is 5. The van der Waals surface area contributed by atoms with E-state index in [4.69, 9.17) is 16.6 Å². The van der Waals surface area contributed by atoms with E-state index in [2.05, 4.69) is 87.4 Å². The van der Waals surface area contributed by atoms with Crippen molar-refractivity contribution in [1.82, 2.24) is 0 Å². The van der Waals surface area contributed by atoms with Crippen LogP contribution in [0.15, 0.2) is 24.3 Å². The van der Waals surface area contributed by atoms with Gasteiger partial charge in [-0.25, -0.2) is 0 Å². The van der Waals surface area contributed by atoms with Crippen LogP contribution in [-0.4, -0.2) is 29.8 Å². The molecule has 2 nitrogen and oxygen atoms in total. The van der Waals surface area contributed by atoms with Crippen molar-refractivity contribution in [3.8, 4) is 0 Å². The molecule has 0 fully saturated rings. The van der Waals surface area contributed by atoms with Gasteiger partial charge in [-0.3, -0.25) is 0 Å². The van der Waals surface area contributed by atoms with Crippen LogP contribution in [0.2, 0.25) is 58.9 Å². The Morgan fingerprint density at radius 2 is 1.23 bits per heavy atom. The Bertz CT molecular complexity index is 510. The highest BCUT2D eigenvalue weighted by molar-refractivity contribution is 7.80. The molecule has 0 unspecified atom stereocenters. The summed E-state index contributed by atoms with van der Waals surface area (Å²) in [5.74, 6) is 0. The molecule has 0 saturated heterocycles. The second kappa shape index (κ2) is 6.59. The standard InChI is InChI=1S/C16H31NOSSi3/c1-20(2,3)17(21(4,5)6)15-12-10-14(11-13-15)16(19)18-22(7,8)9/h10-13H,1-9H3. The first-order valence-electron chi connectivity index (χ1n) is 7.85. The van der Waals surface area contributed by atoms with Gasteiger partial charge < -0.3 is 8.66 Å². The molecule has 22 heavy (non-hydrogen) atoms. The van der Waals surface area contributed by atoms with Gasteiger partial charge in [0.15, 0.2) is 5.05 Å². The van der Waals surface area contributed by atoms with E-state index in [0.29, 0.717) is 5.05 Å². The number of hydrogen-bond donors (Lipinski definition) is 0. The van der Waals surface area contributed by atoms with Crippen LogP contribution in [0.4, 0.5) is 5.69 Å². The van der Waals surface area contributed by atoms with E-state index in [-0.39, 0.29) is 0 Å². The zero-order valence-corrected chi connectivity index (χ0v) is 19.4. The molecule has 0 atom stereocenters. The van der Waals surface area contributed by atoms with Gasteiger partial charge in [-0.05, 0) is 56.1 Å². The average molecular weight is 370 g/mol. The van der Waals surface area contributed by atoms with Crippen LogP contribution in [0.1, 0.15) is 5.56 Å². The fraction of sp³-hybridized carbons (Fsp3) is 0.562. The predicted octanol–water partition coefficient (Wildman–Crippen LogP) is 5.69. The fourth-order valence-corrected chi connectivity index (χ4v) is 14.3. The summed E-state index contributed by atoms with van der Waals surface area (Å²) in [6, 6.07) is 8.66. The number of hydrogen-bond acceptors (Lipinski definition) is 3. The molecule has 0 heterocycles. The Morgan fingerprint density at radius 1 is 0.818 bits per heavy atom. The van der Waals surface area contributed by atoms with Crippen molar-refractivity contribution in [3.05, 3.63) is 29.8 Å². The number of benzene rings is 1. The monoisotopic (exact) mass is 369 g/mol. The van der Waals surface area contributed by atoms with E-state index in [0.717, 1.165) is 5.56 Å². The van der Waals surface area contributed by atoms with Gasteiger partial charge in [0, 0.05) is 11.3 Å². The quantitative estimate of drug-likeness (QED) is 0.488. The molecule has 1 rings (SSSR count). The van der Waals surface area contributed by atoms with E-state index in [1.807, 2.05) is 0 Å². The Morgan fingerprint density at radius 3 is 1.55 bits per heavy atom. The number of anilines is 1. The van der Waals surface area contributed by atoms with Crippen molar-refractivity contribution in [1.29, 1.82) is 0 Å². The van der Waals surface area contributed by atoms with Crippen molar-refractivity contribution in [3.63, 3.8) is 0 Å². The Hall–Kier alpha value is -0.439. The maximum atomic E-state index is 5.93. The average Bonchev–Trinajstić information content (AvgIpc) is 2.23. The zero-order valence-electron chi connectivity index (χ0n) is 15.6. The zero-order chi connectivity index (χ0) is 17.3. The minimum atomic E-state index is -1.64. The van der Waals surface area contributed by atoms with Crippen LogP contribution in [0.25, 0.3) is 0 Å². The second-order valence-corrected chi connectivity index (χ2v) is 23.6. The molecule has 0 saturated carbocycles. The fourth-order valence-electron chi connectivity index (χ4n) is 2.86. The van der Waals surface area contributed by atoms with E-state index in [1.54, 1.807) is 0 Å². The van der Waals surface area contributed by atoms with Gasteiger partial charge >= 0.3 is 0 Å². The smallest absolute Gasteiger partial charge is 0.243 e. The van der Waals surface area contributed by atoms with Crippen LogP contribution < -0.4 is 4.23 Å². The van der Waals surface area contributed by atoms with Crippen molar-refractivity contribution in [2.24, 2.45) is 0 Å². The minimum Gasteiger partial charge on any atom is -0.536 e.